The normalized spacial score (nSPS) is 20.2. The molecule has 0 bridgehead atoms. The lowest BCUT2D eigenvalue weighted by Gasteiger charge is -2.37. The summed E-state index contributed by atoms with van der Waals surface area (Å²) in [5.74, 6) is 3.40. The zero-order valence-electron chi connectivity index (χ0n) is 67.9. The van der Waals surface area contributed by atoms with Gasteiger partial charge in [0.2, 0.25) is 0 Å². The fraction of sp³-hybridized carbons (Fsp3) is 0.600. The summed E-state index contributed by atoms with van der Waals surface area (Å²) in [4.78, 5) is 0. The predicted molar refractivity (Wildman–Crippen MR) is 406 cm³/mol. The molecule has 0 aliphatic heterocycles. The summed E-state index contributed by atoms with van der Waals surface area (Å²) in [5.41, 5.74) is 24.2. The molecule has 6 aromatic rings. The van der Waals surface area contributed by atoms with Crippen molar-refractivity contribution in [1.29, 1.82) is 0 Å². The average molecular weight is 1230 g/mol. The van der Waals surface area contributed by atoms with E-state index in [1.54, 1.807) is 12.1 Å². The Bertz CT molecular complexity index is 3060. The first-order valence-corrected chi connectivity index (χ1v) is 35.5. The Kier molecular flexibility index (Phi) is 28.3. The van der Waals surface area contributed by atoms with Crippen molar-refractivity contribution in [2.75, 3.05) is 0 Å². The van der Waals surface area contributed by atoms with Crippen molar-refractivity contribution in [2.24, 2.45) is 44.3 Å². The van der Waals surface area contributed by atoms with E-state index in [0.717, 1.165) is 35.3 Å². The highest BCUT2D eigenvalue weighted by Crippen LogP contribution is 2.66. The molecule has 4 saturated carbocycles. The van der Waals surface area contributed by atoms with E-state index in [1.807, 2.05) is 19.9 Å². The third-order valence-corrected chi connectivity index (χ3v) is 22.6. The van der Waals surface area contributed by atoms with Crippen molar-refractivity contribution in [3.63, 3.8) is 0 Å². The van der Waals surface area contributed by atoms with Gasteiger partial charge < -0.3 is 0 Å². The molecule has 10 rings (SSSR count). The van der Waals surface area contributed by atoms with Gasteiger partial charge in [0.25, 0.3) is 0 Å². The minimum absolute atomic E-state index is 0.137. The Morgan fingerprint density at radius 1 is 0.333 bits per heavy atom. The minimum Gasteiger partial charge on any atom is -0.0625 e. The van der Waals surface area contributed by atoms with E-state index in [9.17, 15) is 0 Å². The maximum Gasteiger partial charge on any atom is 0.0300 e. The lowest BCUT2D eigenvalue weighted by Crippen LogP contribution is -2.25. The van der Waals surface area contributed by atoms with Gasteiger partial charge >= 0.3 is 0 Å². The number of hydrogen-bond acceptors (Lipinski definition) is 0. The summed E-state index contributed by atoms with van der Waals surface area (Å²) in [5, 5.41) is 0. The highest BCUT2D eigenvalue weighted by Gasteiger charge is 2.55. The van der Waals surface area contributed by atoms with Gasteiger partial charge in [-0.2, -0.15) is 0 Å². The first kappa shape index (κ1) is 72.7. The van der Waals surface area contributed by atoms with Crippen LogP contribution in [-0.2, 0) is 0 Å². The van der Waals surface area contributed by atoms with Crippen LogP contribution < -0.4 is 0 Å². The number of aryl methyl sites for hydroxylation is 12. The smallest absolute Gasteiger partial charge is 0.0300 e. The van der Waals surface area contributed by atoms with Gasteiger partial charge in [0, 0.05) is 5.48 Å². The molecule has 0 heterocycles. The quantitative estimate of drug-likeness (QED) is 0.165. The van der Waals surface area contributed by atoms with E-state index < -0.39 is 6.85 Å². The van der Waals surface area contributed by atoms with Gasteiger partial charge in [-0.25, -0.2) is 0 Å². The second-order valence-electron chi connectivity index (χ2n) is 33.3. The van der Waals surface area contributed by atoms with Crippen LogP contribution in [0.1, 0.15) is 320 Å². The molecule has 90 heavy (non-hydrogen) atoms. The monoisotopic (exact) mass is 1230 g/mol. The molecule has 0 nitrogen and oxygen atoms in total. The predicted octanol–water partition coefficient (Wildman–Crippen LogP) is 28.4. The van der Waals surface area contributed by atoms with Gasteiger partial charge in [0.05, 0.1) is 0 Å². The molecule has 0 unspecified atom stereocenters. The van der Waals surface area contributed by atoms with Crippen LogP contribution in [0, 0.1) is 127 Å². The van der Waals surface area contributed by atoms with Crippen LogP contribution in [0.2, 0.25) is 0 Å². The fourth-order valence-corrected chi connectivity index (χ4v) is 14.4. The molecule has 0 atom stereocenters. The molecule has 4 aliphatic carbocycles. The molecular weight excluding hydrogens is 1080 g/mol. The molecule has 0 amide bonds. The van der Waals surface area contributed by atoms with Crippen LogP contribution in [0.4, 0.5) is 0 Å². The molecule has 6 aromatic carbocycles. The third kappa shape index (κ3) is 24.7. The van der Waals surface area contributed by atoms with Crippen LogP contribution in [0.5, 0.6) is 0 Å². The molecule has 500 valence electrons. The van der Waals surface area contributed by atoms with E-state index in [0.29, 0.717) is 56.3 Å². The summed E-state index contributed by atoms with van der Waals surface area (Å²) in [6.07, 6.45) is 16.5. The lowest BCUT2D eigenvalue weighted by molar-refractivity contribution is 0.145. The first-order valence-electron chi connectivity index (χ1n) is 37.5. The van der Waals surface area contributed by atoms with Crippen LogP contribution in [0.15, 0.2) is 121 Å². The van der Waals surface area contributed by atoms with Crippen molar-refractivity contribution in [1.82, 2.24) is 0 Å². The molecule has 0 N–H and O–H groups in total. The molecule has 4 fully saturated rings. The van der Waals surface area contributed by atoms with E-state index in [2.05, 4.69) is 290 Å². The summed E-state index contributed by atoms with van der Waals surface area (Å²) < 4.78 is 29.7. The summed E-state index contributed by atoms with van der Waals surface area (Å²) >= 11 is 0. The fourth-order valence-electron chi connectivity index (χ4n) is 14.4. The summed E-state index contributed by atoms with van der Waals surface area (Å²) in [6, 6.07) is 42.1. The Balaban J connectivity index is 0.000000283. The third-order valence-electron chi connectivity index (χ3n) is 22.6. The molecule has 0 heteroatoms. The number of rotatable bonds is 4. The Morgan fingerprint density at radius 2 is 0.611 bits per heavy atom. The van der Waals surface area contributed by atoms with E-state index in [1.165, 1.54) is 137 Å². The molecule has 4 aliphatic rings. The molecule has 0 radical (unpaired) electrons. The van der Waals surface area contributed by atoms with Gasteiger partial charge in [0.1, 0.15) is 0 Å². The Labute approximate surface area is 565 Å². The van der Waals surface area contributed by atoms with Crippen molar-refractivity contribution in [3.8, 4) is 0 Å². The highest BCUT2D eigenvalue weighted by molar-refractivity contribution is 5.36. The second kappa shape index (κ2) is 35.0. The minimum atomic E-state index is -1.97. The zero-order chi connectivity index (χ0) is 71.8. The summed E-state index contributed by atoms with van der Waals surface area (Å²) in [6.45, 7) is 63.4. The number of benzene rings is 6. The van der Waals surface area contributed by atoms with Gasteiger partial charge in [-0.15, -0.1) is 0 Å². The second-order valence-corrected chi connectivity index (χ2v) is 33.3. The topological polar surface area (TPSA) is 0 Å². The Morgan fingerprint density at radius 3 is 0.878 bits per heavy atom. The molecule has 0 aromatic heterocycles. The highest BCUT2D eigenvalue weighted by atomic mass is 14.6. The molecule has 2 spiro atoms. The van der Waals surface area contributed by atoms with E-state index in [4.69, 9.17) is 5.48 Å². The van der Waals surface area contributed by atoms with Gasteiger partial charge in [-0.1, -0.05) is 283 Å². The van der Waals surface area contributed by atoms with Gasteiger partial charge in [0.15, 0.2) is 0 Å². The van der Waals surface area contributed by atoms with Crippen molar-refractivity contribution >= 4 is 0 Å². The van der Waals surface area contributed by atoms with Gasteiger partial charge in [-0.05, 0) is 280 Å². The van der Waals surface area contributed by atoms with Crippen molar-refractivity contribution in [2.45, 2.75) is 308 Å². The standard InChI is InChI=1S/2C15H28.2C13H20.2C9H12.2C8H10/c2*1-12-6-8-15(9-7-12)10-13(2,3)14(4,5)11-15;2*1-9(2)12-7-6-11(5)13(8-12)10(3)4;2*1-7-4-5-8(2)9(3)6-7;2*1-7-5-3-4-6-8(7)2/h2*12H,6-11H2,1-5H3;2*6-10H,1-5H3;2*4-6H,1-3H3;2*3-6H,1-2H3/i12D;;;;1D3;;;. The summed E-state index contributed by atoms with van der Waals surface area (Å²) in [7, 11) is 0. The van der Waals surface area contributed by atoms with Gasteiger partial charge in [-0.3, -0.25) is 0 Å². The number of hydrogen-bond donors (Lipinski definition) is 0. The van der Waals surface area contributed by atoms with E-state index in [-0.39, 0.29) is 5.89 Å². The van der Waals surface area contributed by atoms with E-state index >= 15 is 0 Å². The SMILES string of the molecule is CC1CCC2(CC1)CC(C)(C)C(C)(C)C2.Cc1ccc(C(C)C)cc1C(C)C.Cc1ccc(C(C)C)cc1C(C)C.Cc1ccc(C)c(C)c1.Cc1ccccc1C.Cc1ccccc1C.[2H]C([2H])([2H])c1ccc(C)c(C)c1.[2H]C1(C)CCC2(CC1)CC(C)(C)C(C)(C)C2. The zero-order valence-corrected chi connectivity index (χ0v) is 63.9. The first-order chi connectivity index (χ1) is 43.1. The van der Waals surface area contributed by atoms with Crippen molar-refractivity contribution in [3.05, 3.63) is 210 Å². The maximum absolute atomic E-state index is 8.17. The Hall–Kier alpha value is -4.68. The average Bonchev–Trinajstić information content (AvgIpc) is 1.60. The van der Waals surface area contributed by atoms with Crippen LogP contribution in [-0.4, -0.2) is 0 Å². The lowest BCUT2D eigenvalue weighted by atomic mass is 9.68. The van der Waals surface area contributed by atoms with Crippen LogP contribution in [0.25, 0.3) is 0 Å². The maximum atomic E-state index is 8.17. The van der Waals surface area contributed by atoms with Crippen molar-refractivity contribution < 1.29 is 5.48 Å². The largest absolute Gasteiger partial charge is 0.0625 e. The molecular formula is C90H140. The molecule has 0 saturated heterocycles. The van der Waals surface area contributed by atoms with Crippen LogP contribution >= 0.6 is 0 Å². The van der Waals surface area contributed by atoms with Crippen LogP contribution in [0.3, 0.4) is 0 Å².